The molecule has 21 heavy (non-hydrogen) atoms. The summed E-state index contributed by atoms with van der Waals surface area (Å²) in [4.78, 5) is 4.94. The van der Waals surface area contributed by atoms with Gasteiger partial charge in [-0.05, 0) is 28.7 Å². The highest BCUT2D eigenvalue weighted by molar-refractivity contribution is 14.1. The van der Waals surface area contributed by atoms with E-state index >= 15 is 0 Å². The molecular weight excluding hydrogens is 425 g/mol. The third-order valence-electron chi connectivity index (χ3n) is 2.98. The van der Waals surface area contributed by atoms with Crippen LogP contribution in [-0.4, -0.2) is 34.3 Å². The Morgan fingerprint density at radius 2 is 1.86 bits per heavy atom. The van der Waals surface area contributed by atoms with Crippen LogP contribution in [0.3, 0.4) is 0 Å². The predicted octanol–water partition coefficient (Wildman–Crippen LogP) is 3.36. The first-order chi connectivity index (χ1) is 9.67. The number of thiol groups is 1. The van der Waals surface area contributed by atoms with Crippen molar-refractivity contribution in [3.8, 4) is 0 Å². The summed E-state index contributed by atoms with van der Waals surface area (Å²) in [6.45, 7) is -1.90. The molecule has 1 aliphatic heterocycles. The zero-order chi connectivity index (χ0) is 15.4. The Balaban J connectivity index is 2.01. The first-order valence-electron chi connectivity index (χ1n) is 5.73. The maximum absolute atomic E-state index is 13.3. The second kappa shape index (κ2) is 4.88. The van der Waals surface area contributed by atoms with E-state index in [9.17, 15) is 17.6 Å². The van der Waals surface area contributed by atoms with Crippen LogP contribution >= 0.6 is 35.4 Å². The molecule has 3 heterocycles. The van der Waals surface area contributed by atoms with E-state index in [0.29, 0.717) is 11.0 Å². The SMILES string of the molecule is FC1(F)CN(c2cnc3c(c2)c(I)cn3S)CC(F)(F)O1. The minimum absolute atomic E-state index is 0.183. The van der Waals surface area contributed by atoms with E-state index in [1.807, 2.05) is 22.6 Å². The Morgan fingerprint density at radius 3 is 2.48 bits per heavy atom. The van der Waals surface area contributed by atoms with Crippen LogP contribution in [0.5, 0.6) is 0 Å². The van der Waals surface area contributed by atoms with E-state index in [1.54, 1.807) is 6.20 Å². The fourth-order valence-electron chi connectivity index (χ4n) is 2.18. The van der Waals surface area contributed by atoms with Gasteiger partial charge >= 0.3 is 12.2 Å². The molecule has 3 rings (SSSR count). The molecule has 1 saturated heterocycles. The van der Waals surface area contributed by atoms with Crippen molar-refractivity contribution in [2.24, 2.45) is 0 Å². The van der Waals surface area contributed by atoms with Crippen LogP contribution in [-0.2, 0) is 4.74 Å². The number of anilines is 1. The number of fused-ring (bicyclic) bond motifs is 1. The van der Waals surface area contributed by atoms with Crippen molar-refractivity contribution in [1.82, 2.24) is 8.96 Å². The molecule has 0 bridgehead atoms. The highest BCUT2D eigenvalue weighted by Gasteiger charge is 2.51. The maximum atomic E-state index is 13.3. The molecule has 0 amide bonds. The first kappa shape index (κ1) is 15.2. The van der Waals surface area contributed by atoms with Crippen molar-refractivity contribution in [2.75, 3.05) is 18.0 Å². The molecule has 0 saturated carbocycles. The summed E-state index contributed by atoms with van der Waals surface area (Å²) < 4.78 is 58.8. The van der Waals surface area contributed by atoms with Crippen molar-refractivity contribution in [3.05, 3.63) is 22.0 Å². The van der Waals surface area contributed by atoms with Crippen LogP contribution in [0.25, 0.3) is 11.0 Å². The number of hydrogen-bond donors (Lipinski definition) is 1. The molecule has 4 nitrogen and oxygen atoms in total. The van der Waals surface area contributed by atoms with Gasteiger partial charge in [-0.1, -0.05) is 12.8 Å². The van der Waals surface area contributed by atoms with Crippen LogP contribution < -0.4 is 4.90 Å². The Morgan fingerprint density at radius 1 is 1.24 bits per heavy atom. The number of pyridine rings is 1. The molecule has 1 fully saturated rings. The second-order valence-electron chi connectivity index (χ2n) is 4.62. The number of ether oxygens (including phenoxy) is 1. The Hall–Kier alpha value is -0.750. The van der Waals surface area contributed by atoms with Gasteiger partial charge in [0.05, 0.1) is 11.9 Å². The van der Waals surface area contributed by atoms with Crippen LogP contribution in [0.4, 0.5) is 23.2 Å². The molecule has 0 aliphatic carbocycles. The molecule has 0 radical (unpaired) electrons. The number of nitrogens with zero attached hydrogens (tertiary/aromatic N) is 3. The zero-order valence-electron chi connectivity index (χ0n) is 10.2. The standard InChI is InChI=1S/C11H8F4IN3OS/c12-10(13)4-18(5-11(14,15)20-10)6-1-7-8(16)3-19(21)9(7)17-2-6/h1-3,21H,4-5H2. The van der Waals surface area contributed by atoms with E-state index in [2.05, 4.69) is 22.5 Å². The molecular formula is C11H8F4IN3OS. The lowest BCUT2D eigenvalue weighted by molar-refractivity contribution is -0.380. The van der Waals surface area contributed by atoms with Gasteiger partial charge in [-0.3, -0.25) is 8.71 Å². The summed E-state index contributed by atoms with van der Waals surface area (Å²) in [5.74, 6) is 0. The van der Waals surface area contributed by atoms with Gasteiger partial charge in [-0.15, -0.1) is 0 Å². The molecule has 0 N–H and O–H groups in total. The van der Waals surface area contributed by atoms with E-state index < -0.39 is 25.3 Å². The van der Waals surface area contributed by atoms with Crippen molar-refractivity contribution >= 4 is 52.1 Å². The smallest absolute Gasteiger partial charge is 0.353 e. The lowest BCUT2D eigenvalue weighted by atomic mass is 10.2. The lowest BCUT2D eigenvalue weighted by Gasteiger charge is -2.37. The summed E-state index contributed by atoms with van der Waals surface area (Å²) in [6, 6.07) is 1.54. The zero-order valence-corrected chi connectivity index (χ0v) is 13.3. The van der Waals surface area contributed by atoms with Crippen LogP contribution in [0, 0.1) is 3.57 Å². The van der Waals surface area contributed by atoms with Gasteiger partial charge in [-0.2, -0.15) is 17.6 Å². The third-order valence-corrected chi connectivity index (χ3v) is 4.14. The minimum atomic E-state index is -3.92. The fraction of sp³-hybridized carbons (Fsp3) is 0.364. The van der Waals surface area contributed by atoms with Crippen LogP contribution in [0.15, 0.2) is 18.5 Å². The fourth-order valence-corrected chi connectivity index (χ4v) is 3.35. The normalized spacial score (nSPS) is 21.0. The van der Waals surface area contributed by atoms with Crippen molar-refractivity contribution in [3.63, 3.8) is 0 Å². The summed E-state index contributed by atoms with van der Waals surface area (Å²) in [5, 5.41) is 0.654. The Kier molecular flexibility index (Phi) is 3.52. The van der Waals surface area contributed by atoms with Gasteiger partial charge in [0.1, 0.15) is 13.1 Å². The summed E-state index contributed by atoms with van der Waals surface area (Å²) >= 11 is 6.19. The molecule has 1 aliphatic rings. The largest absolute Gasteiger partial charge is 0.377 e. The number of rotatable bonds is 1. The molecule has 114 valence electrons. The van der Waals surface area contributed by atoms with Gasteiger partial charge in [0.15, 0.2) is 5.65 Å². The maximum Gasteiger partial charge on any atom is 0.377 e. The average molecular weight is 433 g/mol. The number of hydrogen-bond acceptors (Lipinski definition) is 4. The van der Waals surface area contributed by atoms with Crippen molar-refractivity contribution in [2.45, 2.75) is 12.2 Å². The van der Waals surface area contributed by atoms with Gasteiger partial charge in [0.25, 0.3) is 0 Å². The molecule has 0 atom stereocenters. The van der Waals surface area contributed by atoms with Gasteiger partial charge in [0.2, 0.25) is 0 Å². The van der Waals surface area contributed by atoms with E-state index in [0.717, 1.165) is 8.47 Å². The quantitative estimate of drug-likeness (QED) is 0.425. The average Bonchev–Trinajstić information content (AvgIpc) is 2.61. The molecule has 0 aromatic carbocycles. The van der Waals surface area contributed by atoms with Crippen LogP contribution in [0.1, 0.15) is 0 Å². The van der Waals surface area contributed by atoms with E-state index in [-0.39, 0.29) is 5.69 Å². The number of alkyl halides is 4. The first-order valence-corrected chi connectivity index (χ1v) is 7.21. The number of morpholine rings is 1. The monoisotopic (exact) mass is 433 g/mol. The highest BCUT2D eigenvalue weighted by Crippen LogP contribution is 2.36. The second-order valence-corrected chi connectivity index (χ2v) is 6.21. The van der Waals surface area contributed by atoms with Gasteiger partial charge in [-0.25, -0.2) is 4.98 Å². The summed E-state index contributed by atoms with van der Waals surface area (Å²) in [6.07, 6.45) is -4.88. The van der Waals surface area contributed by atoms with Gasteiger partial charge in [0, 0.05) is 15.2 Å². The third kappa shape index (κ3) is 2.93. The van der Waals surface area contributed by atoms with E-state index in [4.69, 9.17) is 0 Å². The van der Waals surface area contributed by atoms with Crippen LogP contribution in [0.2, 0.25) is 0 Å². The minimum Gasteiger partial charge on any atom is -0.353 e. The molecule has 2 aromatic heterocycles. The topological polar surface area (TPSA) is 30.3 Å². The molecule has 2 aromatic rings. The molecule has 10 heteroatoms. The Bertz CT molecular complexity index is 692. The molecule has 0 unspecified atom stereocenters. The highest BCUT2D eigenvalue weighted by atomic mass is 127. The number of aromatic nitrogens is 2. The predicted molar refractivity (Wildman–Crippen MR) is 80.0 cm³/mol. The Labute approximate surface area is 135 Å². The van der Waals surface area contributed by atoms with Gasteiger partial charge < -0.3 is 4.90 Å². The number of halogens is 5. The van der Waals surface area contributed by atoms with Crippen molar-refractivity contribution in [1.29, 1.82) is 0 Å². The molecule has 0 spiro atoms. The summed E-state index contributed by atoms with van der Waals surface area (Å²) in [7, 11) is 0. The van der Waals surface area contributed by atoms with Crippen molar-refractivity contribution < 1.29 is 22.3 Å². The lowest BCUT2D eigenvalue weighted by Crippen LogP contribution is -2.55. The van der Waals surface area contributed by atoms with E-state index in [1.165, 1.54) is 16.2 Å². The summed E-state index contributed by atoms with van der Waals surface area (Å²) in [5.41, 5.74) is 0.709.